The quantitative estimate of drug-likeness (QED) is 0.905. The van der Waals surface area contributed by atoms with Crippen LogP contribution in [0.1, 0.15) is 12.2 Å². The van der Waals surface area contributed by atoms with Crippen molar-refractivity contribution in [3.63, 3.8) is 0 Å². The average Bonchev–Trinajstić information content (AvgIpc) is 3.05. The van der Waals surface area contributed by atoms with E-state index in [9.17, 15) is 4.79 Å². The molecular formula is C15H19N3O2. The predicted molar refractivity (Wildman–Crippen MR) is 76.6 cm³/mol. The summed E-state index contributed by atoms with van der Waals surface area (Å²) < 4.78 is 7.27. The summed E-state index contributed by atoms with van der Waals surface area (Å²) in [6.45, 7) is 0.745. The van der Waals surface area contributed by atoms with E-state index in [2.05, 4.69) is 10.3 Å². The number of Topliss-reactive ketones (excluding diaryl/α,β-unsaturated/α-hetero) is 1. The van der Waals surface area contributed by atoms with Crippen molar-refractivity contribution >= 4 is 16.8 Å². The van der Waals surface area contributed by atoms with Gasteiger partial charge in [-0.05, 0) is 18.6 Å². The van der Waals surface area contributed by atoms with Gasteiger partial charge in [0.2, 0.25) is 0 Å². The van der Waals surface area contributed by atoms with Crippen molar-refractivity contribution in [1.29, 1.82) is 0 Å². The number of hydrogen-bond acceptors (Lipinski definition) is 4. The summed E-state index contributed by atoms with van der Waals surface area (Å²) in [5, 5.41) is 3.22. The number of aromatic nitrogens is 2. The van der Waals surface area contributed by atoms with E-state index in [1.807, 2.05) is 35.9 Å². The van der Waals surface area contributed by atoms with E-state index in [0.717, 1.165) is 29.8 Å². The van der Waals surface area contributed by atoms with Gasteiger partial charge < -0.3 is 14.6 Å². The second-order valence-corrected chi connectivity index (χ2v) is 5.27. The molecule has 106 valence electrons. The largest absolute Gasteiger partial charge is 0.380 e. The Morgan fingerprint density at radius 1 is 1.50 bits per heavy atom. The number of nitrogens with one attached hydrogen (secondary N) is 1. The molecule has 20 heavy (non-hydrogen) atoms. The molecule has 2 aromatic rings. The minimum Gasteiger partial charge on any atom is -0.380 e. The first-order valence-electron chi connectivity index (χ1n) is 6.88. The van der Waals surface area contributed by atoms with Crippen LogP contribution in [0.15, 0.2) is 24.3 Å². The van der Waals surface area contributed by atoms with E-state index in [1.54, 1.807) is 7.11 Å². The summed E-state index contributed by atoms with van der Waals surface area (Å²) in [5.41, 5.74) is 2.00. The summed E-state index contributed by atoms with van der Waals surface area (Å²) in [6, 6.07) is 7.82. The molecule has 5 nitrogen and oxygen atoms in total. The first kappa shape index (κ1) is 13.3. The molecule has 1 aliphatic rings. The lowest BCUT2D eigenvalue weighted by atomic mass is 10.1. The molecule has 0 saturated carbocycles. The van der Waals surface area contributed by atoms with Crippen molar-refractivity contribution in [2.45, 2.75) is 25.0 Å². The van der Waals surface area contributed by atoms with E-state index in [4.69, 9.17) is 4.74 Å². The predicted octanol–water partition coefficient (Wildman–Crippen LogP) is 1.06. The standard InChI is InChI=1S/C15H19N3O2/c1-18-13-6-4-3-5-11(13)17-15(18)8-14(19)12-7-10(20-2)9-16-12/h3-6,10,12,16H,7-9H2,1-2H3. The molecule has 1 N–H and O–H groups in total. The molecule has 0 spiro atoms. The lowest BCUT2D eigenvalue weighted by Crippen LogP contribution is -2.32. The van der Waals surface area contributed by atoms with Gasteiger partial charge in [0.05, 0.1) is 29.6 Å². The number of ether oxygens (including phenoxy) is 1. The summed E-state index contributed by atoms with van der Waals surface area (Å²) in [5.74, 6) is 1.00. The number of para-hydroxylation sites is 2. The molecule has 5 heteroatoms. The zero-order valence-corrected chi connectivity index (χ0v) is 11.8. The molecule has 1 saturated heterocycles. The van der Waals surface area contributed by atoms with Gasteiger partial charge >= 0.3 is 0 Å². The Labute approximate surface area is 117 Å². The van der Waals surface area contributed by atoms with Crippen LogP contribution in [-0.4, -0.2) is 41.1 Å². The number of nitrogens with zero attached hydrogens (tertiary/aromatic N) is 2. The second kappa shape index (κ2) is 5.34. The Hall–Kier alpha value is -1.72. The number of carbonyl (C=O) groups is 1. The van der Waals surface area contributed by atoms with Crippen LogP contribution in [0.4, 0.5) is 0 Å². The van der Waals surface area contributed by atoms with Gasteiger partial charge in [0.25, 0.3) is 0 Å². The number of carbonyl (C=O) groups excluding carboxylic acids is 1. The molecule has 1 aromatic heterocycles. The van der Waals surface area contributed by atoms with Crippen LogP contribution in [-0.2, 0) is 23.0 Å². The Morgan fingerprint density at radius 2 is 2.30 bits per heavy atom. The maximum absolute atomic E-state index is 12.3. The SMILES string of the molecule is COC1CNC(C(=O)Cc2nc3ccccc3n2C)C1. The van der Waals surface area contributed by atoms with Crippen LogP contribution in [0.3, 0.4) is 0 Å². The number of ketones is 1. The number of hydrogen-bond donors (Lipinski definition) is 1. The van der Waals surface area contributed by atoms with E-state index in [-0.39, 0.29) is 17.9 Å². The van der Waals surface area contributed by atoms with Crippen molar-refractivity contribution in [2.75, 3.05) is 13.7 Å². The molecule has 2 heterocycles. The topological polar surface area (TPSA) is 56.1 Å². The van der Waals surface area contributed by atoms with Gasteiger partial charge in [0.1, 0.15) is 5.82 Å². The summed E-state index contributed by atoms with van der Waals surface area (Å²) >= 11 is 0. The number of fused-ring (bicyclic) bond motifs is 1. The first-order valence-corrected chi connectivity index (χ1v) is 6.88. The summed E-state index contributed by atoms with van der Waals surface area (Å²) in [6.07, 6.45) is 1.25. The number of benzene rings is 1. The third-order valence-electron chi connectivity index (χ3n) is 4.02. The lowest BCUT2D eigenvalue weighted by molar-refractivity contribution is -0.120. The molecule has 2 unspecified atom stereocenters. The van der Waals surface area contributed by atoms with Gasteiger partial charge in [-0.1, -0.05) is 12.1 Å². The first-order chi connectivity index (χ1) is 9.69. The normalized spacial score (nSPS) is 22.5. The van der Waals surface area contributed by atoms with Crippen molar-refractivity contribution in [2.24, 2.45) is 7.05 Å². The van der Waals surface area contributed by atoms with Crippen LogP contribution in [0.2, 0.25) is 0 Å². The van der Waals surface area contributed by atoms with Crippen molar-refractivity contribution in [1.82, 2.24) is 14.9 Å². The lowest BCUT2D eigenvalue weighted by Gasteiger charge is -2.09. The molecule has 3 rings (SSSR count). The highest BCUT2D eigenvalue weighted by atomic mass is 16.5. The van der Waals surface area contributed by atoms with Gasteiger partial charge in [0, 0.05) is 20.7 Å². The van der Waals surface area contributed by atoms with Gasteiger partial charge in [-0.3, -0.25) is 4.79 Å². The highest BCUT2D eigenvalue weighted by molar-refractivity contribution is 5.87. The van der Waals surface area contributed by atoms with E-state index in [0.29, 0.717) is 6.42 Å². The van der Waals surface area contributed by atoms with Gasteiger partial charge in [-0.25, -0.2) is 4.98 Å². The molecule has 0 aliphatic carbocycles. The second-order valence-electron chi connectivity index (χ2n) is 5.27. The molecule has 1 fully saturated rings. The zero-order valence-electron chi connectivity index (χ0n) is 11.8. The Kier molecular flexibility index (Phi) is 3.54. The third kappa shape index (κ3) is 2.34. The maximum Gasteiger partial charge on any atom is 0.157 e. The molecule has 0 amide bonds. The fourth-order valence-corrected chi connectivity index (χ4v) is 2.76. The van der Waals surface area contributed by atoms with Crippen LogP contribution < -0.4 is 5.32 Å². The van der Waals surface area contributed by atoms with Crippen LogP contribution in [0.25, 0.3) is 11.0 Å². The van der Waals surface area contributed by atoms with Gasteiger partial charge in [-0.15, -0.1) is 0 Å². The van der Waals surface area contributed by atoms with E-state index < -0.39 is 0 Å². The highest BCUT2D eigenvalue weighted by Crippen LogP contribution is 2.17. The summed E-state index contributed by atoms with van der Waals surface area (Å²) in [7, 11) is 3.64. The van der Waals surface area contributed by atoms with E-state index >= 15 is 0 Å². The smallest absolute Gasteiger partial charge is 0.157 e. The Balaban J connectivity index is 1.76. The fraction of sp³-hybridized carbons (Fsp3) is 0.467. The minimum atomic E-state index is -0.111. The van der Waals surface area contributed by atoms with Gasteiger partial charge in [-0.2, -0.15) is 0 Å². The Morgan fingerprint density at radius 3 is 3.00 bits per heavy atom. The molecule has 1 aromatic carbocycles. The Bertz CT molecular complexity index is 635. The molecular weight excluding hydrogens is 254 g/mol. The summed E-state index contributed by atoms with van der Waals surface area (Å²) in [4.78, 5) is 16.9. The van der Waals surface area contributed by atoms with Crippen LogP contribution in [0.5, 0.6) is 0 Å². The van der Waals surface area contributed by atoms with Gasteiger partial charge in [0.15, 0.2) is 5.78 Å². The maximum atomic E-state index is 12.3. The van der Waals surface area contributed by atoms with E-state index in [1.165, 1.54) is 0 Å². The fourth-order valence-electron chi connectivity index (χ4n) is 2.76. The highest BCUT2D eigenvalue weighted by Gasteiger charge is 2.29. The van der Waals surface area contributed by atoms with Crippen molar-refractivity contribution < 1.29 is 9.53 Å². The van der Waals surface area contributed by atoms with Crippen molar-refractivity contribution in [3.05, 3.63) is 30.1 Å². The number of aryl methyl sites for hydroxylation is 1. The third-order valence-corrected chi connectivity index (χ3v) is 4.02. The molecule has 1 aliphatic heterocycles. The average molecular weight is 273 g/mol. The number of imidazole rings is 1. The molecule has 0 radical (unpaired) electrons. The number of rotatable bonds is 4. The molecule has 0 bridgehead atoms. The minimum absolute atomic E-state index is 0.111. The van der Waals surface area contributed by atoms with Crippen LogP contribution >= 0.6 is 0 Å². The number of methoxy groups -OCH3 is 1. The monoisotopic (exact) mass is 273 g/mol. The van der Waals surface area contributed by atoms with Crippen molar-refractivity contribution in [3.8, 4) is 0 Å². The van der Waals surface area contributed by atoms with Crippen LogP contribution in [0, 0.1) is 0 Å². The zero-order chi connectivity index (χ0) is 14.1. The molecule has 2 atom stereocenters.